The summed E-state index contributed by atoms with van der Waals surface area (Å²) in [5, 5.41) is 7.14. The molecule has 1 N–H and O–H groups in total. The zero-order chi connectivity index (χ0) is 12.5. The molecule has 0 fully saturated rings. The van der Waals surface area contributed by atoms with Crippen molar-refractivity contribution in [2.24, 2.45) is 0 Å². The molecule has 2 unspecified atom stereocenters. The Kier molecular flexibility index (Phi) is 2.76. The van der Waals surface area contributed by atoms with Crippen LogP contribution in [0.25, 0.3) is 0 Å². The summed E-state index contributed by atoms with van der Waals surface area (Å²) in [6.45, 7) is 2.56. The number of ether oxygens (including phenoxy) is 1. The van der Waals surface area contributed by atoms with E-state index in [2.05, 4.69) is 15.5 Å². The number of nitrogens with zero attached hydrogens (tertiary/aromatic N) is 2. The second-order valence-electron chi connectivity index (χ2n) is 4.40. The predicted octanol–water partition coefficient (Wildman–Crippen LogP) is 1.87. The van der Waals surface area contributed by atoms with Crippen molar-refractivity contribution in [2.75, 3.05) is 13.7 Å². The summed E-state index contributed by atoms with van der Waals surface area (Å²) >= 11 is 0. The van der Waals surface area contributed by atoms with Gasteiger partial charge in [-0.05, 0) is 20.0 Å². The molecule has 5 nitrogen and oxygen atoms in total. The van der Waals surface area contributed by atoms with Gasteiger partial charge in [0.1, 0.15) is 12.4 Å². The van der Waals surface area contributed by atoms with Crippen LogP contribution < -0.4 is 10.1 Å². The second kappa shape index (κ2) is 4.42. The Morgan fingerprint density at radius 1 is 1.39 bits per heavy atom. The van der Waals surface area contributed by atoms with Crippen LogP contribution in [0.5, 0.6) is 5.75 Å². The first-order valence-electron chi connectivity index (χ1n) is 6.02. The summed E-state index contributed by atoms with van der Waals surface area (Å²) in [6, 6.07) is 8.03. The SMILES string of the molecule is CNC(C)c1nc(C2COc3ccccc32)no1. The Labute approximate surface area is 105 Å². The molecule has 2 aromatic rings. The lowest BCUT2D eigenvalue weighted by molar-refractivity contribution is 0.325. The standard InChI is InChI=1S/C13H15N3O2/c1-8(14-2)13-15-12(16-18-13)10-7-17-11-6-4-3-5-9(10)11/h3-6,8,10,14H,7H2,1-2H3. The molecule has 0 saturated carbocycles. The van der Waals surface area contributed by atoms with Crippen LogP contribution in [0.3, 0.4) is 0 Å². The minimum absolute atomic E-state index is 0.0591. The van der Waals surface area contributed by atoms with Gasteiger partial charge < -0.3 is 14.6 Å². The lowest BCUT2D eigenvalue weighted by atomic mass is 10.0. The molecule has 0 spiro atoms. The quantitative estimate of drug-likeness (QED) is 0.894. The zero-order valence-electron chi connectivity index (χ0n) is 10.4. The Morgan fingerprint density at radius 3 is 3.06 bits per heavy atom. The van der Waals surface area contributed by atoms with Gasteiger partial charge in [-0.3, -0.25) is 0 Å². The van der Waals surface area contributed by atoms with Crippen molar-refractivity contribution in [1.29, 1.82) is 0 Å². The number of hydrogen-bond acceptors (Lipinski definition) is 5. The molecule has 94 valence electrons. The van der Waals surface area contributed by atoms with Crippen LogP contribution in [0.1, 0.15) is 36.2 Å². The van der Waals surface area contributed by atoms with Crippen molar-refractivity contribution in [3.8, 4) is 5.75 Å². The summed E-state index contributed by atoms with van der Waals surface area (Å²) < 4.78 is 10.9. The van der Waals surface area contributed by atoms with E-state index in [1.54, 1.807) is 0 Å². The van der Waals surface area contributed by atoms with Gasteiger partial charge in [-0.2, -0.15) is 4.98 Å². The van der Waals surface area contributed by atoms with Crippen molar-refractivity contribution in [3.63, 3.8) is 0 Å². The first-order chi connectivity index (χ1) is 8.79. The average Bonchev–Trinajstić information content (AvgIpc) is 3.03. The van der Waals surface area contributed by atoms with Gasteiger partial charge in [-0.1, -0.05) is 23.4 Å². The number of fused-ring (bicyclic) bond motifs is 1. The smallest absolute Gasteiger partial charge is 0.243 e. The molecule has 1 aromatic heterocycles. The molecule has 2 atom stereocenters. The molecular weight excluding hydrogens is 230 g/mol. The van der Waals surface area contributed by atoms with Gasteiger partial charge in [-0.25, -0.2) is 0 Å². The molecule has 18 heavy (non-hydrogen) atoms. The van der Waals surface area contributed by atoms with E-state index in [1.165, 1.54) is 0 Å². The van der Waals surface area contributed by atoms with Gasteiger partial charge in [0.2, 0.25) is 5.89 Å². The van der Waals surface area contributed by atoms with Gasteiger partial charge >= 0.3 is 0 Å². The highest BCUT2D eigenvalue weighted by Gasteiger charge is 2.29. The van der Waals surface area contributed by atoms with E-state index in [4.69, 9.17) is 9.26 Å². The Hall–Kier alpha value is -1.88. The fraction of sp³-hybridized carbons (Fsp3) is 0.385. The van der Waals surface area contributed by atoms with Gasteiger partial charge in [0.25, 0.3) is 0 Å². The summed E-state index contributed by atoms with van der Waals surface area (Å²) in [7, 11) is 1.86. The number of benzene rings is 1. The second-order valence-corrected chi connectivity index (χ2v) is 4.40. The third kappa shape index (κ3) is 1.76. The maximum absolute atomic E-state index is 5.62. The fourth-order valence-electron chi connectivity index (χ4n) is 2.06. The van der Waals surface area contributed by atoms with Crippen LogP contribution in [-0.2, 0) is 0 Å². The third-order valence-electron chi connectivity index (χ3n) is 3.27. The van der Waals surface area contributed by atoms with Crippen LogP contribution in [0, 0.1) is 0 Å². The number of hydrogen-bond donors (Lipinski definition) is 1. The molecule has 2 heterocycles. The Balaban J connectivity index is 1.91. The van der Waals surface area contributed by atoms with Crippen molar-refractivity contribution < 1.29 is 9.26 Å². The molecule has 0 amide bonds. The highest BCUT2D eigenvalue weighted by Crippen LogP contribution is 2.36. The van der Waals surface area contributed by atoms with E-state index in [9.17, 15) is 0 Å². The lowest BCUT2D eigenvalue weighted by Crippen LogP contribution is -2.13. The molecule has 0 radical (unpaired) electrons. The first kappa shape index (κ1) is 11.2. The summed E-state index contributed by atoms with van der Waals surface area (Å²) in [6.07, 6.45) is 0. The number of aromatic nitrogens is 2. The fourth-order valence-corrected chi connectivity index (χ4v) is 2.06. The van der Waals surface area contributed by atoms with Crippen LogP contribution >= 0.6 is 0 Å². The lowest BCUT2D eigenvalue weighted by Gasteiger charge is -2.03. The number of para-hydroxylation sites is 1. The van der Waals surface area contributed by atoms with Gasteiger partial charge in [-0.15, -0.1) is 0 Å². The highest BCUT2D eigenvalue weighted by molar-refractivity contribution is 5.42. The van der Waals surface area contributed by atoms with Crippen LogP contribution in [0.15, 0.2) is 28.8 Å². The Bertz CT molecular complexity index is 553. The molecule has 1 aromatic carbocycles. The van der Waals surface area contributed by atoms with E-state index in [1.807, 2.05) is 38.2 Å². The summed E-state index contributed by atoms with van der Waals surface area (Å²) in [5.74, 6) is 2.28. The first-order valence-corrected chi connectivity index (χ1v) is 6.02. The van der Waals surface area contributed by atoms with Crippen LogP contribution in [0.4, 0.5) is 0 Å². The molecule has 0 aliphatic carbocycles. The van der Waals surface area contributed by atoms with Crippen molar-refractivity contribution in [3.05, 3.63) is 41.5 Å². The van der Waals surface area contributed by atoms with Crippen molar-refractivity contribution >= 4 is 0 Å². The van der Waals surface area contributed by atoms with E-state index in [0.717, 1.165) is 11.3 Å². The molecule has 3 rings (SSSR count). The van der Waals surface area contributed by atoms with Gasteiger partial charge in [0.15, 0.2) is 5.82 Å². The largest absolute Gasteiger partial charge is 0.492 e. The molecule has 0 bridgehead atoms. The predicted molar refractivity (Wildman–Crippen MR) is 65.6 cm³/mol. The van der Waals surface area contributed by atoms with E-state index < -0.39 is 0 Å². The van der Waals surface area contributed by atoms with E-state index in [0.29, 0.717) is 18.3 Å². The topological polar surface area (TPSA) is 60.2 Å². The van der Waals surface area contributed by atoms with Crippen LogP contribution in [0.2, 0.25) is 0 Å². The maximum Gasteiger partial charge on any atom is 0.243 e. The minimum atomic E-state index is 0.0591. The monoisotopic (exact) mass is 245 g/mol. The molecule has 0 saturated heterocycles. The average molecular weight is 245 g/mol. The third-order valence-corrected chi connectivity index (χ3v) is 3.27. The van der Waals surface area contributed by atoms with Crippen LogP contribution in [-0.4, -0.2) is 23.8 Å². The normalized spacial score (nSPS) is 19.3. The Morgan fingerprint density at radius 2 is 2.22 bits per heavy atom. The number of nitrogens with one attached hydrogen (secondary N) is 1. The highest BCUT2D eigenvalue weighted by atomic mass is 16.5. The van der Waals surface area contributed by atoms with E-state index in [-0.39, 0.29) is 12.0 Å². The zero-order valence-corrected chi connectivity index (χ0v) is 10.4. The van der Waals surface area contributed by atoms with Gasteiger partial charge in [0, 0.05) is 5.56 Å². The van der Waals surface area contributed by atoms with E-state index >= 15 is 0 Å². The van der Waals surface area contributed by atoms with Crippen molar-refractivity contribution in [2.45, 2.75) is 18.9 Å². The summed E-state index contributed by atoms with van der Waals surface area (Å²) in [4.78, 5) is 4.44. The molecule has 1 aliphatic rings. The summed E-state index contributed by atoms with van der Waals surface area (Å²) in [5.41, 5.74) is 1.13. The molecule has 1 aliphatic heterocycles. The maximum atomic E-state index is 5.62. The number of rotatable bonds is 3. The molecule has 5 heteroatoms. The van der Waals surface area contributed by atoms with Crippen molar-refractivity contribution in [1.82, 2.24) is 15.5 Å². The minimum Gasteiger partial charge on any atom is -0.492 e. The molecular formula is C13H15N3O2. The van der Waals surface area contributed by atoms with Gasteiger partial charge in [0.05, 0.1) is 12.0 Å².